The van der Waals surface area contributed by atoms with Gasteiger partial charge in [-0.05, 0) is 47.5 Å². The third kappa shape index (κ3) is 3.87. The minimum absolute atomic E-state index is 0.0902. The van der Waals surface area contributed by atoms with Crippen molar-refractivity contribution in [3.05, 3.63) is 16.5 Å². The van der Waals surface area contributed by atoms with Crippen LogP contribution in [-0.4, -0.2) is 20.5 Å². The first-order valence-electron chi connectivity index (χ1n) is 6.86. The Balaban J connectivity index is 2.13. The Hall–Kier alpha value is -0.860. The largest absolute Gasteiger partial charge is 0.456 e. The molecule has 21 heavy (non-hydrogen) atoms. The Kier molecular flexibility index (Phi) is 5.11. The minimum Gasteiger partial charge on any atom is -0.456 e. The summed E-state index contributed by atoms with van der Waals surface area (Å²) in [6.07, 6.45) is 4.85. The fraction of sp³-hybridized carbons (Fsp3) is 0.615. The van der Waals surface area contributed by atoms with Gasteiger partial charge in [0.1, 0.15) is 11.0 Å². The number of carbonyl (C=O) groups excluding carboxylic acids is 1. The van der Waals surface area contributed by atoms with Crippen molar-refractivity contribution < 1.29 is 22.4 Å². The summed E-state index contributed by atoms with van der Waals surface area (Å²) < 4.78 is 33.1. The van der Waals surface area contributed by atoms with Crippen molar-refractivity contribution in [2.75, 3.05) is 0 Å². The number of halogens is 1. The first-order valence-corrected chi connectivity index (χ1v) is 9.20. The fourth-order valence-corrected chi connectivity index (χ4v) is 4.14. The average molecular weight is 380 g/mol. The Morgan fingerprint density at radius 2 is 2.14 bits per heavy atom. The van der Waals surface area contributed by atoms with Gasteiger partial charge in [-0.25, -0.2) is 18.4 Å². The lowest BCUT2D eigenvalue weighted by Gasteiger charge is -2.30. The molecule has 2 unspecified atom stereocenters. The van der Waals surface area contributed by atoms with Gasteiger partial charge >= 0.3 is 5.97 Å². The number of furan rings is 1. The van der Waals surface area contributed by atoms with Crippen molar-refractivity contribution in [2.24, 2.45) is 11.1 Å². The Bertz CT molecular complexity index is 625. The van der Waals surface area contributed by atoms with Gasteiger partial charge in [0.2, 0.25) is 15.8 Å². The summed E-state index contributed by atoms with van der Waals surface area (Å²) in [6, 6.07) is 1.09. The van der Waals surface area contributed by atoms with Crippen LogP contribution in [0.3, 0.4) is 0 Å². The molecule has 2 N–H and O–H groups in total. The first-order chi connectivity index (χ1) is 9.82. The normalized spacial score (nSPS) is 23.0. The van der Waals surface area contributed by atoms with Crippen LogP contribution in [0, 0.1) is 5.92 Å². The van der Waals surface area contributed by atoms with Crippen molar-refractivity contribution in [1.29, 1.82) is 0 Å². The van der Waals surface area contributed by atoms with Gasteiger partial charge in [-0.15, -0.1) is 0 Å². The van der Waals surface area contributed by atoms with E-state index in [1.807, 2.05) is 0 Å². The molecule has 0 aliphatic heterocycles. The van der Waals surface area contributed by atoms with Gasteiger partial charge in [0, 0.05) is 6.07 Å². The molecule has 1 aliphatic rings. The monoisotopic (exact) mass is 379 g/mol. The van der Waals surface area contributed by atoms with E-state index in [0.29, 0.717) is 5.92 Å². The quantitative estimate of drug-likeness (QED) is 0.810. The molecule has 2 atom stereocenters. The summed E-state index contributed by atoms with van der Waals surface area (Å²) >= 11 is 2.94. The second-order valence-electron chi connectivity index (χ2n) is 5.19. The van der Waals surface area contributed by atoms with Crippen molar-refractivity contribution >= 4 is 31.9 Å². The zero-order chi connectivity index (χ0) is 15.6. The number of hydrogen-bond donors (Lipinski definition) is 1. The molecule has 1 aliphatic carbocycles. The van der Waals surface area contributed by atoms with Crippen molar-refractivity contribution in [2.45, 2.75) is 50.0 Å². The second kappa shape index (κ2) is 6.50. The van der Waals surface area contributed by atoms with E-state index >= 15 is 0 Å². The molecule has 8 heteroatoms. The van der Waals surface area contributed by atoms with Crippen molar-refractivity contribution in [3.8, 4) is 0 Å². The predicted molar refractivity (Wildman–Crippen MR) is 79.2 cm³/mol. The van der Waals surface area contributed by atoms with Crippen LogP contribution in [0.4, 0.5) is 0 Å². The molecule has 0 bridgehead atoms. The van der Waals surface area contributed by atoms with Crippen LogP contribution >= 0.6 is 15.9 Å². The predicted octanol–water partition coefficient (Wildman–Crippen LogP) is 2.82. The zero-order valence-electron chi connectivity index (χ0n) is 11.7. The number of rotatable bonds is 4. The van der Waals surface area contributed by atoms with Gasteiger partial charge in [-0.3, -0.25) is 0 Å². The molecule has 6 nitrogen and oxygen atoms in total. The summed E-state index contributed by atoms with van der Waals surface area (Å²) in [4.78, 5) is 11.8. The number of hydrogen-bond acceptors (Lipinski definition) is 5. The lowest BCUT2D eigenvalue weighted by atomic mass is 9.85. The van der Waals surface area contributed by atoms with Crippen LogP contribution in [0.2, 0.25) is 0 Å². The molecule has 0 saturated heterocycles. The fourth-order valence-electron chi connectivity index (χ4n) is 2.64. The molecule has 0 spiro atoms. The summed E-state index contributed by atoms with van der Waals surface area (Å²) in [6.45, 7) is 2.07. The Labute approximate surface area is 132 Å². The third-order valence-electron chi connectivity index (χ3n) is 3.79. The standard InChI is InChI=1S/C13H18BrNO5S/c1-2-8-5-3-4-6-9(8)20-13(16)10-7-11(12(14)19-10)21(15,17)18/h7-9H,2-6H2,1H3,(H2,15,17,18). The Morgan fingerprint density at radius 1 is 1.48 bits per heavy atom. The van der Waals surface area contributed by atoms with E-state index < -0.39 is 16.0 Å². The molecule has 1 heterocycles. The molecule has 2 rings (SSSR count). The maximum absolute atomic E-state index is 12.1. The molecule has 1 fully saturated rings. The van der Waals surface area contributed by atoms with E-state index in [-0.39, 0.29) is 21.4 Å². The molecule has 0 amide bonds. The van der Waals surface area contributed by atoms with Crippen LogP contribution in [0.15, 0.2) is 20.0 Å². The molecular weight excluding hydrogens is 362 g/mol. The van der Waals surface area contributed by atoms with Crippen LogP contribution in [0.1, 0.15) is 49.6 Å². The number of esters is 1. The van der Waals surface area contributed by atoms with E-state index in [2.05, 4.69) is 22.9 Å². The van der Waals surface area contributed by atoms with E-state index in [4.69, 9.17) is 14.3 Å². The van der Waals surface area contributed by atoms with Crippen LogP contribution in [0.5, 0.6) is 0 Å². The van der Waals surface area contributed by atoms with Gasteiger partial charge in [0.05, 0.1) is 0 Å². The molecule has 1 aromatic heterocycles. The van der Waals surface area contributed by atoms with Gasteiger partial charge < -0.3 is 9.15 Å². The molecule has 0 radical (unpaired) electrons. The topological polar surface area (TPSA) is 99.6 Å². The van der Waals surface area contributed by atoms with Gasteiger partial charge in [-0.1, -0.05) is 13.3 Å². The summed E-state index contributed by atoms with van der Waals surface area (Å²) in [7, 11) is -3.94. The first kappa shape index (κ1) is 16.5. The SMILES string of the molecule is CCC1CCCCC1OC(=O)c1cc(S(N)(=O)=O)c(Br)o1. The summed E-state index contributed by atoms with van der Waals surface area (Å²) in [5, 5.41) is 5.03. The van der Waals surface area contributed by atoms with Crippen LogP contribution < -0.4 is 5.14 Å². The van der Waals surface area contributed by atoms with Gasteiger partial charge in [-0.2, -0.15) is 0 Å². The number of ether oxygens (including phenoxy) is 1. The van der Waals surface area contributed by atoms with Crippen LogP contribution in [0.25, 0.3) is 0 Å². The highest BCUT2D eigenvalue weighted by Crippen LogP contribution is 2.31. The lowest BCUT2D eigenvalue weighted by molar-refractivity contribution is -0.00236. The smallest absolute Gasteiger partial charge is 0.374 e. The van der Waals surface area contributed by atoms with Crippen molar-refractivity contribution in [3.63, 3.8) is 0 Å². The zero-order valence-corrected chi connectivity index (χ0v) is 14.1. The molecule has 0 aromatic carbocycles. The maximum atomic E-state index is 12.1. The average Bonchev–Trinajstić information content (AvgIpc) is 2.81. The molecule has 1 aromatic rings. The highest BCUT2D eigenvalue weighted by atomic mass is 79.9. The number of carbonyl (C=O) groups is 1. The van der Waals surface area contributed by atoms with E-state index in [9.17, 15) is 13.2 Å². The van der Waals surface area contributed by atoms with E-state index in [0.717, 1.165) is 38.2 Å². The minimum atomic E-state index is -3.94. The van der Waals surface area contributed by atoms with E-state index in [1.54, 1.807) is 0 Å². The molecular formula is C13H18BrNO5S. The number of nitrogens with two attached hydrogens (primary N) is 1. The third-order valence-corrected chi connectivity index (χ3v) is 5.55. The number of primary sulfonamides is 1. The summed E-state index contributed by atoms with van der Waals surface area (Å²) in [5.74, 6) is -0.471. The summed E-state index contributed by atoms with van der Waals surface area (Å²) in [5.41, 5.74) is 0. The highest BCUT2D eigenvalue weighted by Gasteiger charge is 2.29. The van der Waals surface area contributed by atoms with Crippen molar-refractivity contribution in [1.82, 2.24) is 0 Å². The van der Waals surface area contributed by atoms with Crippen LogP contribution in [-0.2, 0) is 14.8 Å². The highest BCUT2D eigenvalue weighted by molar-refractivity contribution is 9.10. The molecule has 118 valence electrons. The van der Waals surface area contributed by atoms with E-state index in [1.165, 1.54) is 0 Å². The Morgan fingerprint density at radius 3 is 2.71 bits per heavy atom. The molecule has 1 saturated carbocycles. The lowest BCUT2D eigenvalue weighted by Crippen LogP contribution is -2.29. The maximum Gasteiger partial charge on any atom is 0.374 e. The number of sulfonamides is 1. The second-order valence-corrected chi connectivity index (χ2v) is 7.44. The van der Waals surface area contributed by atoms with Gasteiger partial charge in [0.15, 0.2) is 4.67 Å². The van der Waals surface area contributed by atoms with Gasteiger partial charge in [0.25, 0.3) is 0 Å².